The van der Waals surface area contributed by atoms with Crippen LogP contribution in [0.2, 0.25) is 0 Å². The Labute approximate surface area is 132 Å². The molecule has 0 unspecified atom stereocenters. The molecule has 0 amide bonds. The Morgan fingerprint density at radius 1 is 1.00 bits per heavy atom. The topological polar surface area (TPSA) is 60.7 Å². The van der Waals surface area contributed by atoms with E-state index in [1.54, 1.807) is 20.8 Å². The number of hydrogen-bond acceptors (Lipinski definition) is 3. The van der Waals surface area contributed by atoms with Crippen LogP contribution in [0.5, 0.6) is 0 Å². The third-order valence-corrected chi connectivity index (χ3v) is 1.29. The van der Waals surface area contributed by atoms with Gasteiger partial charge in [0.2, 0.25) is 0 Å². The van der Waals surface area contributed by atoms with E-state index < -0.39 is 0 Å². The van der Waals surface area contributed by atoms with Gasteiger partial charge in [-0.15, -0.1) is 6.42 Å². The van der Waals surface area contributed by atoms with Gasteiger partial charge in [-0.2, -0.15) is 6.08 Å². The molecular weight excluding hydrogens is 307 g/mol. The predicted octanol–water partition coefficient (Wildman–Crippen LogP) is 2.47. The van der Waals surface area contributed by atoms with Gasteiger partial charge in [0.15, 0.2) is 0 Å². The van der Waals surface area contributed by atoms with Gasteiger partial charge in [-0.1, -0.05) is 19.8 Å². The molecule has 0 aliphatic heterocycles. The smallest absolute Gasteiger partial charge is 0.0402 e. The van der Waals surface area contributed by atoms with Crippen molar-refractivity contribution < 1.29 is 41.5 Å². The number of allylic oxidation sites excluding steroid dienone is 4. The Balaban J connectivity index is -0.0000000840. The third kappa shape index (κ3) is 36.0. The molecule has 4 heteroatoms. The average Bonchev–Trinajstić information content (AvgIpc) is 2.75. The van der Waals surface area contributed by atoms with Crippen LogP contribution in [0.4, 0.5) is 0 Å². The van der Waals surface area contributed by atoms with Crippen LogP contribution in [0.15, 0.2) is 17.7 Å². The summed E-state index contributed by atoms with van der Waals surface area (Å²) in [7, 11) is 0. The fraction of sp³-hybridized carbons (Fsp3) is 0.714. The van der Waals surface area contributed by atoms with Crippen molar-refractivity contribution >= 4 is 0 Å². The first kappa shape index (κ1) is 26.7. The Hall–Kier alpha value is 0.243. The van der Waals surface area contributed by atoms with Crippen molar-refractivity contribution in [2.75, 3.05) is 19.8 Å². The van der Waals surface area contributed by atoms with Crippen LogP contribution in [-0.4, -0.2) is 35.1 Å². The van der Waals surface area contributed by atoms with E-state index >= 15 is 0 Å². The number of aliphatic hydroxyl groups is 3. The second kappa shape index (κ2) is 30.4. The molecule has 1 aliphatic carbocycles. The molecular formula is C14H29O3Zr-. The predicted molar refractivity (Wildman–Crippen MR) is 73.7 cm³/mol. The summed E-state index contributed by atoms with van der Waals surface area (Å²) in [5, 5.41) is 22.7. The molecule has 0 aromatic carbocycles. The Bertz CT molecular complexity index is 164. The molecule has 0 spiro atoms. The van der Waals surface area contributed by atoms with Crippen LogP contribution in [0, 0.1) is 6.08 Å². The minimum absolute atomic E-state index is 0. The van der Waals surface area contributed by atoms with Crippen molar-refractivity contribution in [2.24, 2.45) is 0 Å². The van der Waals surface area contributed by atoms with Gasteiger partial charge in [0.05, 0.1) is 0 Å². The van der Waals surface area contributed by atoms with E-state index in [1.807, 2.05) is 0 Å². The second-order valence-electron chi connectivity index (χ2n) is 3.01. The maximum absolute atomic E-state index is 7.57. The molecule has 0 heterocycles. The molecule has 0 fully saturated rings. The zero-order valence-electron chi connectivity index (χ0n) is 12.2. The summed E-state index contributed by atoms with van der Waals surface area (Å²) in [5.41, 5.74) is 1.40. The molecule has 0 aromatic heterocycles. The molecule has 0 saturated carbocycles. The maximum Gasteiger partial charge on any atom is 0.0402 e. The first-order valence-corrected chi connectivity index (χ1v) is 6.26. The van der Waals surface area contributed by atoms with E-state index in [2.05, 4.69) is 25.2 Å². The molecule has 0 aromatic rings. The van der Waals surface area contributed by atoms with Crippen molar-refractivity contribution in [3.63, 3.8) is 0 Å². The van der Waals surface area contributed by atoms with Gasteiger partial charge in [-0.25, -0.2) is 11.6 Å². The second-order valence-corrected chi connectivity index (χ2v) is 3.01. The van der Waals surface area contributed by atoms with Crippen LogP contribution < -0.4 is 0 Å². The molecule has 18 heavy (non-hydrogen) atoms. The summed E-state index contributed by atoms with van der Waals surface area (Å²) in [6, 6.07) is 0. The van der Waals surface area contributed by atoms with Crippen LogP contribution in [-0.2, 0) is 26.2 Å². The molecule has 0 saturated heterocycles. The van der Waals surface area contributed by atoms with Gasteiger partial charge >= 0.3 is 0 Å². The number of hydrogen-bond donors (Lipinski definition) is 3. The molecule has 0 atom stereocenters. The molecule has 3 nitrogen and oxygen atoms in total. The van der Waals surface area contributed by atoms with Crippen molar-refractivity contribution in [1.82, 2.24) is 0 Å². The third-order valence-electron chi connectivity index (χ3n) is 1.29. The van der Waals surface area contributed by atoms with E-state index in [9.17, 15) is 0 Å². The first-order chi connectivity index (χ1) is 8.17. The van der Waals surface area contributed by atoms with Gasteiger partial charge in [0.1, 0.15) is 0 Å². The quantitative estimate of drug-likeness (QED) is 0.679. The monoisotopic (exact) mass is 335 g/mol. The standard InChI is InChI=1S/C8H11.3C2H6O.Zr/c1-2-5-8-6-3-4-7-8;3*1-2-3;/h3,6H,2,4-5H2,1H3;3*3H,2H2,1H3;/q-1;;;;. The summed E-state index contributed by atoms with van der Waals surface area (Å²) in [5.74, 6) is 0. The maximum atomic E-state index is 7.57. The molecule has 3 N–H and O–H groups in total. The number of rotatable bonds is 2. The zero-order chi connectivity index (χ0) is 13.9. The van der Waals surface area contributed by atoms with Gasteiger partial charge in [-0.3, -0.25) is 6.08 Å². The fourth-order valence-corrected chi connectivity index (χ4v) is 0.891. The fourth-order valence-electron chi connectivity index (χ4n) is 0.891. The Kier molecular flexibility index (Phi) is 45.1. The van der Waals surface area contributed by atoms with Crippen LogP contribution >= 0.6 is 0 Å². The van der Waals surface area contributed by atoms with Crippen LogP contribution in [0.25, 0.3) is 0 Å². The summed E-state index contributed by atoms with van der Waals surface area (Å²) < 4.78 is 0. The summed E-state index contributed by atoms with van der Waals surface area (Å²) >= 11 is 0. The van der Waals surface area contributed by atoms with E-state index in [0.29, 0.717) is 0 Å². The molecule has 0 bridgehead atoms. The van der Waals surface area contributed by atoms with Gasteiger partial charge in [-0.05, 0) is 20.8 Å². The van der Waals surface area contributed by atoms with Crippen LogP contribution in [0.3, 0.4) is 0 Å². The molecule has 0 radical (unpaired) electrons. The normalized spacial score (nSPS) is 10.5. The number of aliphatic hydroxyl groups excluding tert-OH is 3. The first-order valence-electron chi connectivity index (χ1n) is 6.26. The zero-order valence-corrected chi connectivity index (χ0v) is 14.7. The minimum atomic E-state index is 0. The van der Waals surface area contributed by atoms with Gasteiger partial charge in [0, 0.05) is 46.0 Å². The van der Waals surface area contributed by atoms with E-state index in [1.165, 1.54) is 18.4 Å². The van der Waals surface area contributed by atoms with E-state index in [4.69, 9.17) is 15.3 Å². The van der Waals surface area contributed by atoms with E-state index in [0.717, 1.165) is 6.42 Å². The van der Waals surface area contributed by atoms with Crippen molar-refractivity contribution in [3.05, 3.63) is 23.8 Å². The molecule has 1 rings (SSSR count). The van der Waals surface area contributed by atoms with Crippen molar-refractivity contribution in [2.45, 2.75) is 47.0 Å². The summed E-state index contributed by atoms with van der Waals surface area (Å²) in [6.07, 6.45) is 11.1. The van der Waals surface area contributed by atoms with Gasteiger partial charge in [0.25, 0.3) is 0 Å². The largest absolute Gasteiger partial charge is 0.397 e. The van der Waals surface area contributed by atoms with E-state index in [-0.39, 0.29) is 46.0 Å². The summed E-state index contributed by atoms with van der Waals surface area (Å²) in [6.45, 7) is 7.99. The minimum Gasteiger partial charge on any atom is -0.397 e. The summed E-state index contributed by atoms with van der Waals surface area (Å²) in [4.78, 5) is 0. The SMILES string of the molecule is CCCC1=[C-]CC=C1.CCO.CCO.CCO.[Zr]. The molecule has 1 aliphatic rings. The van der Waals surface area contributed by atoms with Crippen LogP contribution in [0.1, 0.15) is 47.0 Å². The molecule has 108 valence electrons. The van der Waals surface area contributed by atoms with Crippen molar-refractivity contribution in [1.29, 1.82) is 0 Å². The Morgan fingerprint density at radius 3 is 1.61 bits per heavy atom. The Morgan fingerprint density at radius 2 is 1.39 bits per heavy atom. The van der Waals surface area contributed by atoms with Gasteiger partial charge < -0.3 is 15.3 Å². The average molecular weight is 337 g/mol. The van der Waals surface area contributed by atoms with Crippen molar-refractivity contribution in [3.8, 4) is 0 Å².